The third-order valence-electron chi connectivity index (χ3n) is 3.94. The molecule has 0 bridgehead atoms. The van der Waals surface area contributed by atoms with Crippen molar-refractivity contribution < 1.29 is 22.3 Å². The highest BCUT2D eigenvalue weighted by Crippen LogP contribution is 2.19. The highest BCUT2D eigenvalue weighted by Gasteiger charge is 2.20. The molecule has 6 nitrogen and oxygen atoms in total. The van der Waals surface area contributed by atoms with E-state index in [0.717, 1.165) is 40.4 Å². The largest absolute Gasteiger partial charge is 0.496 e. The van der Waals surface area contributed by atoms with Crippen molar-refractivity contribution in [1.82, 2.24) is 5.32 Å². The van der Waals surface area contributed by atoms with Crippen molar-refractivity contribution >= 4 is 21.6 Å². The molecular weight excluding hydrogens is 371 g/mol. The molecule has 0 fully saturated rings. The van der Waals surface area contributed by atoms with E-state index >= 15 is 0 Å². The average Bonchev–Trinajstić information content (AvgIpc) is 2.63. The molecule has 0 unspecified atom stereocenters. The second-order valence-electron chi connectivity index (χ2n) is 6.01. The number of benzene rings is 2. The summed E-state index contributed by atoms with van der Waals surface area (Å²) in [7, 11) is -2.07. The number of nitrogens with zero attached hydrogens (tertiary/aromatic N) is 1. The van der Waals surface area contributed by atoms with Crippen molar-refractivity contribution in [2.75, 3.05) is 30.8 Å². The minimum Gasteiger partial charge on any atom is -0.496 e. The molecule has 0 radical (unpaired) electrons. The molecule has 8 heteroatoms. The van der Waals surface area contributed by atoms with Crippen LogP contribution in [0.2, 0.25) is 0 Å². The molecule has 2 aromatic rings. The number of sulfonamides is 1. The Labute approximate surface area is 159 Å². The lowest BCUT2D eigenvalue weighted by molar-refractivity contribution is -0.119. The van der Waals surface area contributed by atoms with Crippen LogP contribution in [0.1, 0.15) is 12.0 Å². The molecule has 1 N–H and O–H groups in total. The standard InChI is InChI=1S/C19H23FN2O4S/c1-26-18-8-4-3-6-15(18)7-5-13-21-19(23)14-22(27(2,24)25)17-11-9-16(20)10-12-17/h3-4,6,8-12H,5,7,13-14H2,1-2H3,(H,21,23). The maximum atomic E-state index is 13.1. The number of halogens is 1. The number of hydrogen-bond acceptors (Lipinski definition) is 4. The summed E-state index contributed by atoms with van der Waals surface area (Å²) >= 11 is 0. The molecule has 27 heavy (non-hydrogen) atoms. The van der Waals surface area contributed by atoms with E-state index in [1.54, 1.807) is 7.11 Å². The fourth-order valence-corrected chi connectivity index (χ4v) is 3.47. The summed E-state index contributed by atoms with van der Waals surface area (Å²) in [5, 5.41) is 2.71. The fourth-order valence-electron chi connectivity index (χ4n) is 2.61. The van der Waals surface area contributed by atoms with Crippen LogP contribution in [-0.2, 0) is 21.2 Å². The summed E-state index contributed by atoms with van der Waals surface area (Å²) in [4.78, 5) is 12.2. The quantitative estimate of drug-likeness (QED) is 0.663. The molecule has 146 valence electrons. The number of nitrogens with one attached hydrogen (secondary N) is 1. The average molecular weight is 394 g/mol. The Morgan fingerprint density at radius 3 is 2.44 bits per heavy atom. The van der Waals surface area contributed by atoms with Crippen molar-refractivity contribution in [3.8, 4) is 5.75 Å². The second kappa shape index (κ2) is 9.36. The zero-order valence-corrected chi connectivity index (χ0v) is 16.1. The summed E-state index contributed by atoms with van der Waals surface area (Å²) in [5.41, 5.74) is 1.28. The number of amides is 1. The molecular formula is C19H23FN2O4S. The van der Waals surface area contributed by atoms with E-state index in [1.807, 2.05) is 24.3 Å². The number of carbonyl (C=O) groups excluding carboxylic acids is 1. The first-order chi connectivity index (χ1) is 12.8. The number of ether oxygens (including phenoxy) is 1. The van der Waals surface area contributed by atoms with Gasteiger partial charge >= 0.3 is 0 Å². The topological polar surface area (TPSA) is 75.7 Å². The van der Waals surface area contributed by atoms with Crippen LogP contribution in [-0.4, -0.2) is 40.8 Å². The molecule has 0 saturated carbocycles. The van der Waals surface area contributed by atoms with Gasteiger partial charge in [0.05, 0.1) is 19.1 Å². The summed E-state index contributed by atoms with van der Waals surface area (Å²) in [6.07, 6.45) is 2.41. The number of hydrogen-bond donors (Lipinski definition) is 1. The SMILES string of the molecule is COc1ccccc1CCCNC(=O)CN(c1ccc(F)cc1)S(C)(=O)=O. The minimum atomic E-state index is -3.67. The van der Waals surface area contributed by atoms with Crippen LogP contribution in [0.25, 0.3) is 0 Å². The Bertz CT molecular complexity index is 870. The Morgan fingerprint density at radius 2 is 1.81 bits per heavy atom. The Balaban J connectivity index is 1.90. The van der Waals surface area contributed by atoms with Gasteiger partial charge in [0.2, 0.25) is 15.9 Å². The Hall–Kier alpha value is -2.61. The maximum absolute atomic E-state index is 13.1. The number of para-hydroxylation sites is 1. The molecule has 2 rings (SSSR count). The monoisotopic (exact) mass is 394 g/mol. The van der Waals surface area contributed by atoms with Crippen LogP contribution >= 0.6 is 0 Å². The number of anilines is 1. The molecule has 0 aromatic heterocycles. The zero-order chi connectivity index (χ0) is 19.9. The highest BCUT2D eigenvalue weighted by atomic mass is 32.2. The first-order valence-electron chi connectivity index (χ1n) is 8.43. The van der Waals surface area contributed by atoms with E-state index in [0.29, 0.717) is 13.0 Å². The predicted molar refractivity (Wildman–Crippen MR) is 103 cm³/mol. The predicted octanol–water partition coefficient (Wildman–Crippen LogP) is 2.35. The Morgan fingerprint density at radius 1 is 1.15 bits per heavy atom. The lowest BCUT2D eigenvalue weighted by atomic mass is 10.1. The van der Waals surface area contributed by atoms with Crippen LogP contribution in [0.4, 0.5) is 10.1 Å². The molecule has 0 aliphatic carbocycles. The van der Waals surface area contributed by atoms with Gasteiger partial charge in [-0.05, 0) is 48.7 Å². The normalized spacial score (nSPS) is 11.1. The summed E-state index contributed by atoms with van der Waals surface area (Å²) in [5.74, 6) is -0.110. The van der Waals surface area contributed by atoms with Crippen molar-refractivity contribution in [3.63, 3.8) is 0 Å². The van der Waals surface area contributed by atoms with Crippen molar-refractivity contribution in [1.29, 1.82) is 0 Å². The van der Waals surface area contributed by atoms with Gasteiger partial charge in [-0.25, -0.2) is 12.8 Å². The van der Waals surface area contributed by atoms with Crippen LogP contribution in [0.15, 0.2) is 48.5 Å². The van der Waals surface area contributed by atoms with Gasteiger partial charge < -0.3 is 10.1 Å². The van der Waals surface area contributed by atoms with E-state index in [4.69, 9.17) is 4.74 Å². The van der Waals surface area contributed by atoms with Crippen LogP contribution in [0.3, 0.4) is 0 Å². The summed E-state index contributed by atoms with van der Waals surface area (Å²) in [6, 6.07) is 12.6. The second-order valence-corrected chi connectivity index (χ2v) is 7.92. The molecule has 0 saturated heterocycles. The summed E-state index contributed by atoms with van der Waals surface area (Å²) < 4.78 is 43.2. The van der Waals surface area contributed by atoms with Gasteiger partial charge in [-0.3, -0.25) is 9.10 Å². The van der Waals surface area contributed by atoms with Crippen LogP contribution < -0.4 is 14.4 Å². The minimum absolute atomic E-state index is 0.239. The zero-order valence-electron chi connectivity index (χ0n) is 15.3. The lowest BCUT2D eigenvalue weighted by Crippen LogP contribution is -2.40. The molecule has 1 amide bonds. The third kappa shape index (κ3) is 6.25. The first-order valence-corrected chi connectivity index (χ1v) is 10.3. The van der Waals surface area contributed by atoms with E-state index < -0.39 is 21.7 Å². The molecule has 0 spiro atoms. The third-order valence-corrected chi connectivity index (χ3v) is 5.08. The van der Waals surface area contributed by atoms with Gasteiger partial charge in [0, 0.05) is 6.54 Å². The number of methoxy groups -OCH3 is 1. The number of carbonyl (C=O) groups is 1. The van der Waals surface area contributed by atoms with Gasteiger partial charge in [0.1, 0.15) is 18.1 Å². The van der Waals surface area contributed by atoms with Crippen molar-refractivity contribution in [3.05, 3.63) is 59.9 Å². The van der Waals surface area contributed by atoms with Gasteiger partial charge in [0.25, 0.3) is 0 Å². The molecule has 0 aliphatic rings. The van der Waals surface area contributed by atoms with Crippen molar-refractivity contribution in [2.45, 2.75) is 12.8 Å². The number of aryl methyl sites for hydroxylation is 1. The molecule has 0 heterocycles. The van der Waals surface area contributed by atoms with E-state index in [1.165, 1.54) is 12.1 Å². The first kappa shape index (κ1) is 20.7. The lowest BCUT2D eigenvalue weighted by Gasteiger charge is -2.21. The maximum Gasteiger partial charge on any atom is 0.240 e. The number of rotatable bonds is 9. The van der Waals surface area contributed by atoms with Gasteiger partial charge in [0.15, 0.2) is 0 Å². The van der Waals surface area contributed by atoms with E-state index in [2.05, 4.69) is 5.32 Å². The van der Waals surface area contributed by atoms with E-state index in [9.17, 15) is 17.6 Å². The highest BCUT2D eigenvalue weighted by molar-refractivity contribution is 7.92. The van der Waals surface area contributed by atoms with Crippen LogP contribution in [0.5, 0.6) is 5.75 Å². The van der Waals surface area contributed by atoms with Crippen molar-refractivity contribution in [2.24, 2.45) is 0 Å². The van der Waals surface area contributed by atoms with E-state index in [-0.39, 0.29) is 12.2 Å². The fraction of sp³-hybridized carbons (Fsp3) is 0.316. The molecule has 0 aliphatic heterocycles. The van der Waals surface area contributed by atoms with Gasteiger partial charge in [-0.15, -0.1) is 0 Å². The summed E-state index contributed by atoms with van der Waals surface area (Å²) in [6.45, 7) is 0.0387. The van der Waals surface area contributed by atoms with Gasteiger partial charge in [-0.1, -0.05) is 18.2 Å². The Kier molecular flexibility index (Phi) is 7.18. The van der Waals surface area contributed by atoms with Gasteiger partial charge in [-0.2, -0.15) is 0 Å². The van der Waals surface area contributed by atoms with Crippen LogP contribution in [0, 0.1) is 5.82 Å². The molecule has 2 aromatic carbocycles. The smallest absolute Gasteiger partial charge is 0.240 e. The molecule has 0 atom stereocenters.